The Balaban J connectivity index is 2.13. The molecule has 0 saturated carbocycles. The fourth-order valence-corrected chi connectivity index (χ4v) is 1.85. The van der Waals surface area contributed by atoms with Crippen molar-refractivity contribution in [2.24, 2.45) is 16.8 Å². The number of halogens is 1. The van der Waals surface area contributed by atoms with E-state index in [1.54, 1.807) is 6.07 Å². The van der Waals surface area contributed by atoms with Crippen molar-refractivity contribution in [1.29, 1.82) is 0 Å². The van der Waals surface area contributed by atoms with Crippen molar-refractivity contribution in [3.8, 4) is 5.75 Å². The smallest absolute Gasteiger partial charge is 0.176 e. The summed E-state index contributed by atoms with van der Waals surface area (Å²) in [4.78, 5) is 0. The van der Waals surface area contributed by atoms with Gasteiger partial charge in [0.1, 0.15) is 11.6 Å². The molecule has 98 valence electrons. The molecule has 0 aliphatic carbocycles. The predicted molar refractivity (Wildman–Crippen MR) is 63.3 cm³/mol. The first-order valence-corrected chi connectivity index (χ1v) is 5.69. The number of ether oxygens (including phenoxy) is 2. The summed E-state index contributed by atoms with van der Waals surface area (Å²) in [5.41, 5.74) is 5.42. The van der Waals surface area contributed by atoms with Crippen molar-refractivity contribution >= 4 is 5.84 Å². The number of nitrogens with two attached hydrogens (primary N) is 1. The van der Waals surface area contributed by atoms with E-state index >= 15 is 0 Å². The minimum atomic E-state index is -0.578. The molecule has 1 atom stereocenters. The number of nitrogens with zero attached hydrogens (tertiary/aromatic N) is 1. The van der Waals surface area contributed by atoms with Crippen LogP contribution in [0, 0.1) is 11.7 Å². The van der Waals surface area contributed by atoms with E-state index in [-0.39, 0.29) is 17.1 Å². The first kappa shape index (κ1) is 12.6. The van der Waals surface area contributed by atoms with E-state index in [1.807, 2.05) is 0 Å². The normalized spacial score (nSPS) is 20.1. The molecule has 0 bridgehead atoms. The minimum absolute atomic E-state index is 0.0149. The molecule has 0 aromatic heterocycles. The molecular formula is C12H15FN2O3. The second-order valence-electron chi connectivity index (χ2n) is 4.14. The van der Waals surface area contributed by atoms with Crippen LogP contribution in [0.3, 0.4) is 0 Å². The summed E-state index contributed by atoms with van der Waals surface area (Å²) >= 11 is 0. The molecule has 1 aliphatic rings. The van der Waals surface area contributed by atoms with Crippen LogP contribution in [0.2, 0.25) is 0 Å². The zero-order chi connectivity index (χ0) is 13.0. The zero-order valence-electron chi connectivity index (χ0n) is 9.80. The SMILES string of the molecule is NC(=NO)c1c(F)cccc1OCC1CCOC1. The molecule has 0 amide bonds. The average molecular weight is 254 g/mol. The van der Waals surface area contributed by atoms with E-state index < -0.39 is 5.82 Å². The zero-order valence-corrected chi connectivity index (χ0v) is 9.80. The second kappa shape index (κ2) is 5.68. The van der Waals surface area contributed by atoms with Gasteiger partial charge in [0, 0.05) is 12.5 Å². The van der Waals surface area contributed by atoms with Crippen molar-refractivity contribution < 1.29 is 19.1 Å². The number of benzene rings is 1. The largest absolute Gasteiger partial charge is 0.492 e. The number of hydrogen-bond acceptors (Lipinski definition) is 4. The summed E-state index contributed by atoms with van der Waals surface area (Å²) in [6.45, 7) is 1.80. The van der Waals surface area contributed by atoms with Gasteiger partial charge in [-0.05, 0) is 18.6 Å². The molecule has 6 heteroatoms. The van der Waals surface area contributed by atoms with Crippen LogP contribution in [-0.2, 0) is 4.74 Å². The van der Waals surface area contributed by atoms with E-state index in [2.05, 4.69) is 5.16 Å². The number of hydrogen-bond donors (Lipinski definition) is 2. The molecule has 5 nitrogen and oxygen atoms in total. The van der Waals surface area contributed by atoms with E-state index in [1.165, 1.54) is 12.1 Å². The monoisotopic (exact) mass is 254 g/mol. The lowest BCUT2D eigenvalue weighted by molar-refractivity contribution is 0.167. The number of amidine groups is 1. The maximum atomic E-state index is 13.6. The third-order valence-electron chi connectivity index (χ3n) is 2.84. The lowest BCUT2D eigenvalue weighted by Crippen LogP contribution is -2.19. The fourth-order valence-electron chi connectivity index (χ4n) is 1.85. The summed E-state index contributed by atoms with van der Waals surface area (Å²) < 4.78 is 24.4. The first-order valence-electron chi connectivity index (χ1n) is 5.69. The van der Waals surface area contributed by atoms with Crippen LogP contribution in [0.15, 0.2) is 23.4 Å². The predicted octanol–water partition coefficient (Wildman–Crippen LogP) is 1.34. The summed E-state index contributed by atoms with van der Waals surface area (Å²) in [5.74, 6) is -0.304. The molecule has 1 unspecified atom stereocenters. The van der Waals surface area contributed by atoms with Crippen LogP contribution in [0.25, 0.3) is 0 Å². The lowest BCUT2D eigenvalue weighted by Gasteiger charge is -2.13. The third-order valence-corrected chi connectivity index (χ3v) is 2.84. The third kappa shape index (κ3) is 2.70. The molecule has 0 radical (unpaired) electrons. The van der Waals surface area contributed by atoms with E-state index in [9.17, 15) is 4.39 Å². The van der Waals surface area contributed by atoms with E-state index in [4.69, 9.17) is 20.4 Å². The fraction of sp³-hybridized carbons (Fsp3) is 0.417. The van der Waals surface area contributed by atoms with Gasteiger partial charge in [-0.25, -0.2) is 4.39 Å². The number of oxime groups is 1. The van der Waals surface area contributed by atoms with Gasteiger partial charge in [0.2, 0.25) is 0 Å². The minimum Gasteiger partial charge on any atom is -0.492 e. The van der Waals surface area contributed by atoms with Crippen molar-refractivity contribution in [3.63, 3.8) is 0 Å². The van der Waals surface area contributed by atoms with Crippen molar-refractivity contribution in [2.45, 2.75) is 6.42 Å². The molecular weight excluding hydrogens is 239 g/mol. The van der Waals surface area contributed by atoms with Gasteiger partial charge in [-0.2, -0.15) is 0 Å². The summed E-state index contributed by atoms with van der Waals surface area (Å²) in [6.07, 6.45) is 0.925. The quantitative estimate of drug-likeness (QED) is 0.368. The molecule has 1 aliphatic heterocycles. The highest BCUT2D eigenvalue weighted by Crippen LogP contribution is 2.23. The van der Waals surface area contributed by atoms with Crippen molar-refractivity contribution in [3.05, 3.63) is 29.6 Å². The van der Waals surface area contributed by atoms with Gasteiger partial charge in [0.15, 0.2) is 5.84 Å². The highest BCUT2D eigenvalue weighted by molar-refractivity contribution is 5.99. The molecule has 1 heterocycles. The molecule has 2 rings (SSSR count). The Morgan fingerprint density at radius 1 is 1.61 bits per heavy atom. The summed E-state index contributed by atoms with van der Waals surface area (Å²) in [5, 5.41) is 11.4. The van der Waals surface area contributed by atoms with E-state index in [0.29, 0.717) is 19.1 Å². The van der Waals surface area contributed by atoms with Crippen LogP contribution in [0.1, 0.15) is 12.0 Å². The lowest BCUT2D eigenvalue weighted by atomic mass is 10.1. The van der Waals surface area contributed by atoms with E-state index in [0.717, 1.165) is 13.0 Å². The van der Waals surface area contributed by atoms with Gasteiger partial charge in [0.05, 0.1) is 18.8 Å². The van der Waals surface area contributed by atoms with Gasteiger partial charge >= 0.3 is 0 Å². The Kier molecular flexibility index (Phi) is 3.99. The Hall–Kier alpha value is -1.82. The van der Waals surface area contributed by atoms with Crippen LogP contribution >= 0.6 is 0 Å². The molecule has 1 aromatic carbocycles. The summed E-state index contributed by atoms with van der Waals surface area (Å²) in [6, 6.07) is 4.34. The van der Waals surface area contributed by atoms with Crippen LogP contribution in [0.4, 0.5) is 4.39 Å². The molecule has 1 aromatic rings. The second-order valence-corrected chi connectivity index (χ2v) is 4.14. The van der Waals surface area contributed by atoms with Crippen LogP contribution in [-0.4, -0.2) is 30.9 Å². The van der Waals surface area contributed by atoms with Gasteiger partial charge < -0.3 is 20.4 Å². The van der Waals surface area contributed by atoms with Crippen LogP contribution in [0.5, 0.6) is 5.75 Å². The van der Waals surface area contributed by atoms with Crippen molar-refractivity contribution in [2.75, 3.05) is 19.8 Å². The highest BCUT2D eigenvalue weighted by Gasteiger charge is 2.19. The average Bonchev–Trinajstić information content (AvgIpc) is 2.88. The molecule has 1 fully saturated rings. The van der Waals surface area contributed by atoms with Crippen LogP contribution < -0.4 is 10.5 Å². The highest BCUT2D eigenvalue weighted by atomic mass is 19.1. The van der Waals surface area contributed by atoms with Gasteiger partial charge in [-0.15, -0.1) is 0 Å². The summed E-state index contributed by atoms with van der Waals surface area (Å²) in [7, 11) is 0. The van der Waals surface area contributed by atoms with Gasteiger partial charge in [-0.1, -0.05) is 11.2 Å². The topological polar surface area (TPSA) is 77.1 Å². The number of rotatable bonds is 4. The Bertz CT molecular complexity index is 445. The maximum Gasteiger partial charge on any atom is 0.176 e. The maximum absolute atomic E-state index is 13.6. The molecule has 1 saturated heterocycles. The Labute approximate surface area is 104 Å². The standard InChI is InChI=1S/C12H15FN2O3/c13-9-2-1-3-10(11(9)12(14)15-16)18-7-8-4-5-17-6-8/h1-3,8,16H,4-7H2,(H2,14,15). The molecule has 0 spiro atoms. The Morgan fingerprint density at radius 3 is 3.11 bits per heavy atom. The van der Waals surface area contributed by atoms with Gasteiger partial charge in [0.25, 0.3) is 0 Å². The molecule has 3 N–H and O–H groups in total. The van der Waals surface area contributed by atoms with Gasteiger partial charge in [-0.3, -0.25) is 0 Å². The van der Waals surface area contributed by atoms with Crippen molar-refractivity contribution in [1.82, 2.24) is 0 Å². The Morgan fingerprint density at radius 2 is 2.44 bits per heavy atom. The first-order chi connectivity index (χ1) is 8.72. The molecule has 18 heavy (non-hydrogen) atoms.